The highest BCUT2D eigenvalue weighted by molar-refractivity contribution is 7.89. The van der Waals surface area contributed by atoms with Gasteiger partial charge in [-0.25, -0.2) is 13.1 Å². The third kappa shape index (κ3) is 4.27. The molecule has 6 nitrogen and oxygen atoms in total. The van der Waals surface area contributed by atoms with Crippen LogP contribution in [-0.2, 0) is 10.0 Å². The highest BCUT2D eigenvalue weighted by atomic mass is 32.2. The Hall–Kier alpha value is -1.44. The van der Waals surface area contributed by atoms with Crippen LogP contribution in [0.3, 0.4) is 0 Å². The molecule has 2 saturated heterocycles. The summed E-state index contributed by atoms with van der Waals surface area (Å²) in [6.07, 6.45) is 3.28. The second-order valence-electron chi connectivity index (χ2n) is 7.99. The van der Waals surface area contributed by atoms with Crippen molar-refractivity contribution in [1.29, 1.82) is 0 Å². The Bertz CT molecular complexity index is 728. The Kier molecular flexibility index (Phi) is 5.69. The van der Waals surface area contributed by atoms with Gasteiger partial charge in [-0.3, -0.25) is 4.79 Å². The number of nitrogens with zero attached hydrogens (tertiary/aromatic N) is 1. The second kappa shape index (κ2) is 7.66. The average molecular weight is 380 g/mol. The quantitative estimate of drug-likeness (QED) is 0.818. The summed E-state index contributed by atoms with van der Waals surface area (Å²) >= 11 is 0. The Balaban J connectivity index is 1.62. The zero-order valence-corrected chi connectivity index (χ0v) is 16.4. The van der Waals surface area contributed by atoms with E-state index in [1.807, 2.05) is 18.7 Å². The fraction of sp³-hybridized carbons (Fsp3) is 0.632. The van der Waals surface area contributed by atoms with Gasteiger partial charge in [-0.1, -0.05) is 13.8 Å². The largest absolute Gasteiger partial charge is 0.339 e. The van der Waals surface area contributed by atoms with E-state index in [4.69, 9.17) is 0 Å². The van der Waals surface area contributed by atoms with Gasteiger partial charge in [0.2, 0.25) is 10.0 Å². The van der Waals surface area contributed by atoms with Crippen molar-refractivity contribution in [3.8, 4) is 0 Å². The molecule has 1 aromatic rings. The van der Waals surface area contributed by atoms with Crippen molar-refractivity contribution < 1.29 is 13.2 Å². The van der Waals surface area contributed by atoms with Crippen LogP contribution in [0, 0.1) is 11.3 Å². The molecule has 2 aliphatic heterocycles. The molecule has 0 unspecified atom stereocenters. The van der Waals surface area contributed by atoms with Crippen LogP contribution in [0.2, 0.25) is 0 Å². The molecule has 2 fully saturated rings. The molecule has 0 bridgehead atoms. The van der Waals surface area contributed by atoms with Crippen LogP contribution in [0.25, 0.3) is 0 Å². The first-order chi connectivity index (χ1) is 12.3. The lowest BCUT2D eigenvalue weighted by Gasteiger charge is -2.38. The summed E-state index contributed by atoms with van der Waals surface area (Å²) in [5.74, 6) is 0.230. The number of hydrogen-bond acceptors (Lipinski definition) is 4. The Morgan fingerprint density at radius 1 is 1.19 bits per heavy atom. The maximum absolute atomic E-state index is 12.7. The third-order valence-corrected chi connectivity index (χ3v) is 6.98. The number of nitrogens with one attached hydrogen (secondary N) is 2. The van der Waals surface area contributed by atoms with Gasteiger partial charge < -0.3 is 10.2 Å². The minimum atomic E-state index is -3.52. The van der Waals surface area contributed by atoms with E-state index < -0.39 is 10.0 Å². The van der Waals surface area contributed by atoms with Crippen LogP contribution in [0.15, 0.2) is 29.2 Å². The minimum Gasteiger partial charge on any atom is -0.339 e. The first-order valence-electron chi connectivity index (χ1n) is 9.41. The van der Waals surface area contributed by atoms with E-state index in [1.54, 1.807) is 12.1 Å². The summed E-state index contributed by atoms with van der Waals surface area (Å²) in [5.41, 5.74) is 0.921. The number of amides is 1. The van der Waals surface area contributed by atoms with Crippen molar-refractivity contribution in [2.24, 2.45) is 11.3 Å². The van der Waals surface area contributed by atoms with E-state index in [2.05, 4.69) is 10.0 Å². The summed E-state index contributed by atoms with van der Waals surface area (Å²) in [7, 11) is -3.52. The summed E-state index contributed by atoms with van der Waals surface area (Å²) in [4.78, 5) is 14.8. The SMILES string of the molecule is CC(C)CNS(=O)(=O)c1ccc(C(=O)N2CCC3(CCNC3)CC2)cc1. The molecule has 2 heterocycles. The van der Waals surface area contributed by atoms with Crippen LogP contribution in [-0.4, -0.2) is 51.9 Å². The Morgan fingerprint density at radius 3 is 2.38 bits per heavy atom. The van der Waals surface area contributed by atoms with Gasteiger partial charge in [-0.05, 0) is 61.4 Å². The number of carbonyl (C=O) groups is 1. The van der Waals surface area contributed by atoms with Gasteiger partial charge in [-0.2, -0.15) is 0 Å². The van der Waals surface area contributed by atoms with E-state index in [9.17, 15) is 13.2 Å². The van der Waals surface area contributed by atoms with Crippen molar-refractivity contribution in [2.45, 2.75) is 38.0 Å². The highest BCUT2D eigenvalue weighted by Gasteiger charge is 2.38. The molecule has 144 valence electrons. The Morgan fingerprint density at radius 2 is 1.85 bits per heavy atom. The molecule has 0 radical (unpaired) electrons. The maximum Gasteiger partial charge on any atom is 0.253 e. The van der Waals surface area contributed by atoms with E-state index >= 15 is 0 Å². The van der Waals surface area contributed by atoms with E-state index in [0.717, 1.165) is 39.0 Å². The number of hydrogen-bond donors (Lipinski definition) is 2. The summed E-state index contributed by atoms with van der Waals surface area (Å²) in [5, 5.41) is 3.43. The Labute approximate surface area is 156 Å². The van der Waals surface area contributed by atoms with Crippen LogP contribution in [0.1, 0.15) is 43.5 Å². The zero-order valence-electron chi connectivity index (χ0n) is 15.6. The van der Waals surface area contributed by atoms with Gasteiger partial charge >= 0.3 is 0 Å². The third-order valence-electron chi connectivity index (χ3n) is 5.54. The fourth-order valence-corrected chi connectivity index (χ4v) is 4.94. The van der Waals surface area contributed by atoms with Crippen LogP contribution >= 0.6 is 0 Å². The predicted octanol–water partition coefficient (Wildman–Crippen LogP) is 1.84. The van der Waals surface area contributed by atoms with Crippen LogP contribution < -0.4 is 10.0 Å². The van der Waals surface area contributed by atoms with Gasteiger partial charge in [0.1, 0.15) is 0 Å². The van der Waals surface area contributed by atoms with Crippen molar-refractivity contribution in [3.63, 3.8) is 0 Å². The molecule has 7 heteroatoms. The topological polar surface area (TPSA) is 78.5 Å². The number of sulfonamides is 1. The first kappa shape index (κ1) is 19.3. The normalized spacial score (nSPS) is 20.0. The standard InChI is InChI=1S/C19H29N3O3S/c1-15(2)13-21-26(24,25)17-5-3-16(4-6-17)18(23)22-11-8-19(9-12-22)7-10-20-14-19/h3-6,15,20-21H,7-14H2,1-2H3. The van der Waals surface area contributed by atoms with Crippen LogP contribution in [0.4, 0.5) is 0 Å². The van der Waals surface area contributed by atoms with E-state index in [1.165, 1.54) is 18.6 Å². The molecule has 1 aromatic carbocycles. The van der Waals surface area contributed by atoms with Gasteiger partial charge in [0.25, 0.3) is 5.91 Å². The lowest BCUT2D eigenvalue weighted by molar-refractivity contribution is 0.0607. The fourth-order valence-electron chi connectivity index (χ4n) is 3.73. The lowest BCUT2D eigenvalue weighted by atomic mass is 9.78. The number of rotatable bonds is 5. The minimum absolute atomic E-state index is 0.00936. The molecule has 1 spiro atoms. The molecule has 0 saturated carbocycles. The molecular formula is C19H29N3O3S. The molecule has 0 atom stereocenters. The van der Waals surface area contributed by atoms with Gasteiger partial charge in [0.05, 0.1) is 4.90 Å². The molecule has 2 aliphatic rings. The molecule has 0 aromatic heterocycles. The zero-order chi connectivity index (χ0) is 18.8. The van der Waals surface area contributed by atoms with Crippen molar-refractivity contribution >= 4 is 15.9 Å². The van der Waals surface area contributed by atoms with Crippen molar-refractivity contribution in [1.82, 2.24) is 14.9 Å². The van der Waals surface area contributed by atoms with E-state index in [-0.39, 0.29) is 16.7 Å². The number of carbonyl (C=O) groups excluding carboxylic acids is 1. The predicted molar refractivity (Wildman–Crippen MR) is 102 cm³/mol. The summed E-state index contributed by atoms with van der Waals surface area (Å²) in [6, 6.07) is 6.27. The molecule has 3 rings (SSSR count). The molecule has 0 aliphatic carbocycles. The van der Waals surface area contributed by atoms with Gasteiger partial charge in [0, 0.05) is 31.7 Å². The van der Waals surface area contributed by atoms with Crippen LogP contribution in [0.5, 0.6) is 0 Å². The molecular weight excluding hydrogens is 350 g/mol. The second-order valence-corrected chi connectivity index (χ2v) is 9.76. The van der Waals surface area contributed by atoms with Gasteiger partial charge in [-0.15, -0.1) is 0 Å². The van der Waals surface area contributed by atoms with Crippen molar-refractivity contribution in [3.05, 3.63) is 29.8 Å². The first-order valence-corrected chi connectivity index (χ1v) is 10.9. The molecule has 26 heavy (non-hydrogen) atoms. The lowest BCUT2D eigenvalue weighted by Crippen LogP contribution is -2.44. The number of benzene rings is 1. The monoisotopic (exact) mass is 379 g/mol. The maximum atomic E-state index is 12.7. The summed E-state index contributed by atoms with van der Waals surface area (Å²) < 4.78 is 27.1. The molecule has 2 N–H and O–H groups in total. The summed E-state index contributed by atoms with van der Waals surface area (Å²) in [6.45, 7) is 7.99. The average Bonchev–Trinajstić information content (AvgIpc) is 3.08. The smallest absolute Gasteiger partial charge is 0.253 e. The number of likely N-dealkylation sites (tertiary alicyclic amines) is 1. The highest BCUT2D eigenvalue weighted by Crippen LogP contribution is 2.37. The van der Waals surface area contributed by atoms with E-state index in [0.29, 0.717) is 17.5 Å². The number of piperidine rings is 1. The van der Waals surface area contributed by atoms with Crippen molar-refractivity contribution in [2.75, 3.05) is 32.7 Å². The van der Waals surface area contributed by atoms with Gasteiger partial charge in [0.15, 0.2) is 0 Å². The molecule has 1 amide bonds.